The molecule has 0 aromatic carbocycles. The molecule has 0 saturated heterocycles. The number of nitrogens with zero attached hydrogens (tertiary/aromatic N) is 1. The molecule has 1 aliphatic rings. The quantitative estimate of drug-likeness (QED) is 0.749. The summed E-state index contributed by atoms with van der Waals surface area (Å²) >= 11 is 0. The van der Waals surface area contributed by atoms with Gasteiger partial charge in [-0.3, -0.25) is 9.78 Å². The lowest BCUT2D eigenvalue weighted by atomic mass is 9.83. The Morgan fingerprint density at radius 1 is 1.20 bits per heavy atom. The van der Waals surface area contributed by atoms with Gasteiger partial charge in [0.25, 0.3) is 0 Å². The summed E-state index contributed by atoms with van der Waals surface area (Å²) in [4.78, 5) is 15.9. The van der Waals surface area contributed by atoms with Crippen molar-refractivity contribution in [1.29, 1.82) is 0 Å². The van der Waals surface area contributed by atoms with Crippen molar-refractivity contribution in [2.75, 3.05) is 0 Å². The molecule has 1 saturated carbocycles. The van der Waals surface area contributed by atoms with Crippen LogP contribution in [0.3, 0.4) is 0 Å². The van der Waals surface area contributed by atoms with Gasteiger partial charge in [0.2, 0.25) is 0 Å². The highest BCUT2D eigenvalue weighted by molar-refractivity contribution is 5.97. The summed E-state index contributed by atoms with van der Waals surface area (Å²) in [6.07, 6.45) is 6.20. The first-order valence-electron chi connectivity index (χ1n) is 5.39. The first kappa shape index (κ1) is 10.3. The minimum atomic E-state index is -0.202. The SMILES string of the molecule is O=C(c1ccncc1)C1CCC(O)CC1. The van der Waals surface area contributed by atoms with Crippen LogP contribution in [0.4, 0.5) is 0 Å². The number of ketones is 1. The molecule has 0 aliphatic heterocycles. The predicted octanol–water partition coefficient (Wildman–Crippen LogP) is 1.82. The van der Waals surface area contributed by atoms with E-state index in [1.54, 1.807) is 24.5 Å². The lowest BCUT2D eigenvalue weighted by molar-refractivity contribution is 0.0764. The summed E-state index contributed by atoms with van der Waals surface area (Å²) in [5.41, 5.74) is 0.742. The predicted molar refractivity (Wildman–Crippen MR) is 56.5 cm³/mol. The van der Waals surface area contributed by atoms with Crippen LogP contribution >= 0.6 is 0 Å². The number of hydrogen-bond donors (Lipinski definition) is 1. The summed E-state index contributed by atoms with van der Waals surface area (Å²) in [5.74, 6) is 0.292. The van der Waals surface area contributed by atoms with Crippen LogP contribution in [0, 0.1) is 5.92 Å². The fourth-order valence-electron chi connectivity index (χ4n) is 2.09. The molecular weight excluding hydrogens is 190 g/mol. The van der Waals surface area contributed by atoms with Crippen LogP contribution in [0.15, 0.2) is 24.5 Å². The molecule has 0 bridgehead atoms. The van der Waals surface area contributed by atoms with E-state index in [1.807, 2.05) is 0 Å². The highest BCUT2D eigenvalue weighted by Gasteiger charge is 2.25. The number of rotatable bonds is 2. The van der Waals surface area contributed by atoms with Crippen LogP contribution < -0.4 is 0 Å². The van der Waals surface area contributed by atoms with Gasteiger partial charge in [-0.25, -0.2) is 0 Å². The molecule has 1 aliphatic carbocycles. The number of carbonyl (C=O) groups is 1. The van der Waals surface area contributed by atoms with Crippen LogP contribution in [0.25, 0.3) is 0 Å². The second-order valence-electron chi connectivity index (χ2n) is 4.11. The van der Waals surface area contributed by atoms with E-state index in [2.05, 4.69) is 4.98 Å². The van der Waals surface area contributed by atoms with Crippen molar-refractivity contribution in [3.63, 3.8) is 0 Å². The van der Waals surface area contributed by atoms with Crippen molar-refractivity contribution < 1.29 is 9.90 Å². The van der Waals surface area contributed by atoms with Gasteiger partial charge in [0.15, 0.2) is 5.78 Å². The fraction of sp³-hybridized carbons (Fsp3) is 0.500. The number of carbonyl (C=O) groups excluding carboxylic acids is 1. The Labute approximate surface area is 89.2 Å². The molecular formula is C12H15NO2. The van der Waals surface area contributed by atoms with Gasteiger partial charge in [-0.15, -0.1) is 0 Å². The average molecular weight is 205 g/mol. The molecule has 1 heterocycles. The Balaban J connectivity index is 2.03. The highest BCUT2D eigenvalue weighted by atomic mass is 16.3. The zero-order valence-corrected chi connectivity index (χ0v) is 8.60. The Bertz CT molecular complexity index is 329. The van der Waals surface area contributed by atoms with Crippen molar-refractivity contribution in [3.05, 3.63) is 30.1 Å². The summed E-state index contributed by atoms with van der Waals surface area (Å²) in [6.45, 7) is 0. The molecule has 1 aromatic rings. The molecule has 1 N–H and O–H groups in total. The van der Waals surface area contributed by atoms with Gasteiger partial charge < -0.3 is 5.11 Å². The average Bonchev–Trinajstić information content (AvgIpc) is 2.30. The first-order chi connectivity index (χ1) is 7.27. The minimum Gasteiger partial charge on any atom is -0.393 e. The van der Waals surface area contributed by atoms with Crippen LogP contribution in [0.1, 0.15) is 36.0 Å². The van der Waals surface area contributed by atoms with E-state index < -0.39 is 0 Å². The molecule has 0 spiro atoms. The van der Waals surface area contributed by atoms with Crippen LogP contribution in [0.5, 0.6) is 0 Å². The number of aliphatic hydroxyl groups is 1. The number of pyridine rings is 1. The standard InChI is InChI=1S/C12H15NO2/c14-11-3-1-9(2-4-11)12(15)10-5-7-13-8-6-10/h5-9,11,14H,1-4H2. The lowest BCUT2D eigenvalue weighted by Crippen LogP contribution is -2.24. The lowest BCUT2D eigenvalue weighted by Gasteiger charge is -2.24. The van der Waals surface area contributed by atoms with Crippen molar-refractivity contribution in [2.45, 2.75) is 31.8 Å². The molecule has 15 heavy (non-hydrogen) atoms. The van der Waals surface area contributed by atoms with E-state index in [9.17, 15) is 9.90 Å². The zero-order chi connectivity index (χ0) is 10.7. The summed E-state index contributed by atoms with van der Waals surface area (Å²) in [7, 11) is 0. The molecule has 0 unspecified atom stereocenters. The van der Waals surface area contributed by atoms with Gasteiger partial charge in [-0.1, -0.05) is 0 Å². The second-order valence-corrected chi connectivity index (χ2v) is 4.11. The molecule has 3 nitrogen and oxygen atoms in total. The Morgan fingerprint density at radius 2 is 1.80 bits per heavy atom. The van der Waals surface area contributed by atoms with Crippen molar-refractivity contribution in [3.8, 4) is 0 Å². The maximum atomic E-state index is 12.0. The number of Topliss-reactive ketones (excluding diaryl/α,β-unsaturated/α-hetero) is 1. The summed E-state index contributed by atoms with van der Waals surface area (Å²) < 4.78 is 0. The minimum absolute atomic E-state index is 0.0933. The van der Waals surface area contributed by atoms with Gasteiger partial charge in [0.05, 0.1) is 6.10 Å². The zero-order valence-electron chi connectivity index (χ0n) is 8.60. The number of aliphatic hydroxyl groups excluding tert-OH is 1. The molecule has 0 amide bonds. The van der Waals surface area contributed by atoms with Gasteiger partial charge in [0, 0.05) is 23.9 Å². The molecule has 1 fully saturated rings. The topological polar surface area (TPSA) is 50.2 Å². The van der Waals surface area contributed by atoms with Crippen molar-refractivity contribution >= 4 is 5.78 Å². The first-order valence-corrected chi connectivity index (χ1v) is 5.39. The molecule has 3 heteroatoms. The van der Waals surface area contributed by atoms with Gasteiger partial charge in [-0.05, 0) is 37.8 Å². The Kier molecular flexibility index (Phi) is 3.11. The Morgan fingerprint density at radius 3 is 2.40 bits per heavy atom. The second kappa shape index (κ2) is 4.53. The van der Waals surface area contributed by atoms with E-state index >= 15 is 0 Å². The third-order valence-corrected chi connectivity index (χ3v) is 3.03. The normalized spacial score (nSPS) is 26.2. The molecule has 0 atom stereocenters. The van der Waals surface area contributed by atoms with E-state index in [0.717, 1.165) is 31.2 Å². The summed E-state index contributed by atoms with van der Waals surface area (Å²) in [6, 6.07) is 3.51. The fourth-order valence-corrected chi connectivity index (χ4v) is 2.09. The van der Waals surface area contributed by atoms with Gasteiger partial charge in [0.1, 0.15) is 0 Å². The molecule has 1 aromatic heterocycles. The van der Waals surface area contributed by atoms with Crippen LogP contribution in [0.2, 0.25) is 0 Å². The number of aromatic nitrogens is 1. The summed E-state index contributed by atoms with van der Waals surface area (Å²) in [5, 5.41) is 9.36. The van der Waals surface area contributed by atoms with Crippen LogP contribution in [-0.2, 0) is 0 Å². The Hall–Kier alpha value is -1.22. The number of hydrogen-bond acceptors (Lipinski definition) is 3. The van der Waals surface area contributed by atoms with E-state index in [1.165, 1.54) is 0 Å². The maximum Gasteiger partial charge on any atom is 0.166 e. The van der Waals surface area contributed by atoms with E-state index in [-0.39, 0.29) is 17.8 Å². The van der Waals surface area contributed by atoms with Gasteiger partial charge in [-0.2, -0.15) is 0 Å². The van der Waals surface area contributed by atoms with E-state index in [0.29, 0.717) is 0 Å². The van der Waals surface area contributed by atoms with Gasteiger partial charge >= 0.3 is 0 Å². The third-order valence-electron chi connectivity index (χ3n) is 3.03. The molecule has 0 radical (unpaired) electrons. The molecule has 2 rings (SSSR count). The van der Waals surface area contributed by atoms with Crippen LogP contribution in [-0.4, -0.2) is 22.0 Å². The third kappa shape index (κ3) is 2.42. The maximum absolute atomic E-state index is 12.0. The smallest absolute Gasteiger partial charge is 0.166 e. The highest BCUT2D eigenvalue weighted by Crippen LogP contribution is 2.26. The van der Waals surface area contributed by atoms with Crippen molar-refractivity contribution in [2.24, 2.45) is 5.92 Å². The van der Waals surface area contributed by atoms with E-state index in [4.69, 9.17) is 0 Å². The largest absolute Gasteiger partial charge is 0.393 e. The monoisotopic (exact) mass is 205 g/mol. The molecule has 80 valence electrons. The van der Waals surface area contributed by atoms with Crippen molar-refractivity contribution in [1.82, 2.24) is 4.98 Å².